The first kappa shape index (κ1) is 15.3. The van der Waals surface area contributed by atoms with Gasteiger partial charge in [0.15, 0.2) is 0 Å². The number of likely N-dealkylation sites (N-methyl/N-ethyl adjacent to an activating group) is 1. The molecule has 1 aliphatic heterocycles. The van der Waals surface area contributed by atoms with Crippen LogP contribution in [-0.4, -0.2) is 33.2 Å². The summed E-state index contributed by atoms with van der Waals surface area (Å²) in [5.41, 5.74) is 4.03. The number of quaternary nitrogens is 2. The molecule has 1 aromatic carbocycles. The van der Waals surface area contributed by atoms with Gasteiger partial charge in [0.25, 0.3) is 0 Å². The lowest BCUT2D eigenvalue weighted by atomic mass is 10.0. The van der Waals surface area contributed by atoms with E-state index >= 15 is 0 Å². The van der Waals surface area contributed by atoms with Crippen molar-refractivity contribution in [3.8, 4) is 0 Å². The van der Waals surface area contributed by atoms with Crippen molar-refractivity contribution in [2.45, 2.75) is 26.8 Å². The Hall–Kier alpha value is -1.65. The molecule has 4 heteroatoms. The minimum atomic E-state index is -0.234. The van der Waals surface area contributed by atoms with Crippen LogP contribution >= 0.6 is 0 Å². The van der Waals surface area contributed by atoms with Gasteiger partial charge in [-0.2, -0.15) is 0 Å². The third kappa shape index (κ3) is 3.23. The molecule has 0 radical (unpaired) electrons. The Labute approximate surface area is 131 Å². The fraction of sp³-hybridized carbons (Fsp3) is 0.500. The summed E-state index contributed by atoms with van der Waals surface area (Å²) >= 11 is 0. The topological polar surface area (TPSA) is 39.1 Å². The van der Waals surface area contributed by atoms with Crippen molar-refractivity contribution in [3.05, 3.63) is 45.3 Å². The van der Waals surface area contributed by atoms with Crippen molar-refractivity contribution >= 4 is 11.0 Å². The molecule has 22 heavy (non-hydrogen) atoms. The predicted molar refractivity (Wildman–Crippen MR) is 87.6 cm³/mol. The summed E-state index contributed by atoms with van der Waals surface area (Å²) in [4.78, 5) is 15.1. The Morgan fingerprint density at radius 2 is 1.82 bits per heavy atom. The number of hydrogen-bond acceptors (Lipinski definition) is 2. The van der Waals surface area contributed by atoms with E-state index in [0.717, 1.165) is 23.1 Å². The highest BCUT2D eigenvalue weighted by molar-refractivity contribution is 5.81. The van der Waals surface area contributed by atoms with Crippen molar-refractivity contribution in [3.63, 3.8) is 0 Å². The van der Waals surface area contributed by atoms with Gasteiger partial charge in [0.05, 0.1) is 20.1 Å². The van der Waals surface area contributed by atoms with Gasteiger partial charge in [-0.1, -0.05) is 0 Å². The zero-order valence-electron chi connectivity index (χ0n) is 13.8. The zero-order valence-corrected chi connectivity index (χ0v) is 13.8. The molecule has 2 aromatic rings. The molecule has 1 saturated heterocycles. The van der Waals surface area contributed by atoms with Crippen LogP contribution in [0.4, 0.5) is 0 Å². The van der Waals surface area contributed by atoms with Gasteiger partial charge < -0.3 is 14.2 Å². The van der Waals surface area contributed by atoms with E-state index in [1.165, 1.54) is 43.7 Å². The molecule has 0 saturated carbocycles. The molecule has 3 rings (SSSR count). The Balaban J connectivity index is 1.95. The van der Waals surface area contributed by atoms with Crippen molar-refractivity contribution < 1.29 is 14.2 Å². The lowest BCUT2D eigenvalue weighted by molar-refractivity contribution is -0.938. The largest absolute Gasteiger partial charge is 0.423 e. The maximum atomic E-state index is 11.9. The number of nitrogens with one attached hydrogen (secondary N) is 2. The molecule has 2 atom stereocenters. The minimum absolute atomic E-state index is 0.234. The Bertz CT molecular complexity index is 736. The van der Waals surface area contributed by atoms with Gasteiger partial charge in [-0.05, 0) is 37.1 Å². The van der Waals surface area contributed by atoms with Crippen LogP contribution in [0, 0.1) is 13.8 Å². The van der Waals surface area contributed by atoms with Gasteiger partial charge in [0.2, 0.25) is 0 Å². The second-order valence-electron chi connectivity index (χ2n) is 6.76. The normalized spacial score (nSPS) is 22.7. The standard InChI is InChI=1S/C18H24N2O2/c1-13-9-16-15(11-18(21)22-17(16)10-14(13)2)12-20-6-4-5-19(3)7-8-20/h9-11H,4-8,12H2,1-3H3/p+2. The molecule has 2 heterocycles. The summed E-state index contributed by atoms with van der Waals surface area (Å²) in [6.07, 6.45) is 1.25. The summed E-state index contributed by atoms with van der Waals surface area (Å²) in [5, 5.41) is 1.10. The zero-order chi connectivity index (χ0) is 15.7. The van der Waals surface area contributed by atoms with Crippen LogP contribution in [0.25, 0.3) is 11.0 Å². The SMILES string of the molecule is Cc1cc2oc(=O)cc(C[NH+]3CCC[NH+](C)CC3)c2cc1C. The van der Waals surface area contributed by atoms with Gasteiger partial charge in [0.1, 0.15) is 25.2 Å². The summed E-state index contributed by atoms with van der Waals surface area (Å²) in [6.45, 7) is 9.88. The van der Waals surface area contributed by atoms with Crippen LogP contribution in [0.5, 0.6) is 0 Å². The van der Waals surface area contributed by atoms with Crippen molar-refractivity contribution in [1.82, 2.24) is 0 Å². The molecule has 0 spiro atoms. The fourth-order valence-electron chi connectivity index (χ4n) is 3.36. The molecule has 118 valence electrons. The van der Waals surface area contributed by atoms with E-state index in [1.807, 2.05) is 6.07 Å². The van der Waals surface area contributed by atoms with Crippen LogP contribution in [0.3, 0.4) is 0 Å². The van der Waals surface area contributed by atoms with Crippen molar-refractivity contribution in [1.29, 1.82) is 0 Å². The van der Waals surface area contributed by atoms with E-state index in [9.17, 15) is 4.79 Å². The molecule has 4 nitrogen and oxygen atoms in total. The van der Waals surface area contributed by atoms with Gasteiger partial charge >= 0.3 is 5.63 Å². The van der Waals surface area contributed by atoms with E-state index in [1.54, 1.807) is 15.9 Å². The molecule has 0 bridgehead atoms. The molecule has 1 aliphatic rings. The first-order valence-electron chi connectivity index (χ1n) is 8.22. The number of fused-ring (bicyclic) bond motifs is 1. The van der Waals surface area contributed by atoms with Crippen molar-refractivity contribution in [2.75, 3.05) is 33.2 Å². The van der Waals surface area contributed by atoms with E-state index in [-0.39, 0.29) is 5.63 Å². The van der Waals surface area contributed by atoms with Gasteiger partial charge in [-0.3, -0.25) is 0 Å². The predicted octanol–water partition coefficient (Wildman–Crippen LogP) is -0.287. The van der Waals surface area contributed by atoms with E-state index < -0.39 is 0 Å². The monoisotopic (exact) mass is 302 g/mol. The van der Waals surface area contributed by atoms with Gasteiger partial charge in [0, 0.05) is 23.4 Å². The number of benzene rings is 1. The molecule has 0 amide bonds. The highest BCUT2D eigenvalue weighted by Gasteiger charge is 2.19. The highest BCUT2D eigenvalue weighted by atomic mass is 16.4. The average Bonchev–Trinajstić information content (AvgIpc) is 2.66. The first-order chi connectivity index (χ1) is 10.5. The third-order valence-corrected chi connectivity index (χ3v) is 4.92. The number of aryl methyl sites for hydroxylation is 2. The maximum Gasteiger partial charge on any atom is 0.336 e. The van der Waals surface area contributed by atoms with Crippen molar-refractivity contribution in [2.24, 2.45) is 0 Å². The fourth-order valence-corrected chi connectivity index (χ4v) is 3.36. The minimum Gasteiger partial charge on any atom is -0.423 e. The quantitative estimate of drug-likeness (QED) is 0.749. The molecular formula is C18H26N2O2+2. The molecule has 2 unspecified atom stereocenters. The number of rotatable bonds is 2. The molecule has 1 aromatic heterocycles. The molecule has 2 N–H and O–H groups in total. The van der Waals surface area contributed by atoms with Crippen LogP contribution in [0.15, 0.2) is 27.4 Å². The van der Waals surface area contributed by atoms with E-state index in [2.05, 4.69) is 27.0 Å². The smallest absolute Gasteiger partial charge is 0.336 e. The molecule has 1 fully saturated rings. The number of hydrogen-bond donors (Lipinski definition) is 2. The van der Waals surface area contributed by atoms with Gasteiger partial charge in [-0.15, -0.1) is 0 Å². The summed E-state index contributed by atoms with van der Waals surface area (Å²) in [5.74, 6) is 0. The van der Waals surface area contributed by atoms with Crippen LogP contribution in [0.2, 0.25) is 0 Å². The molecular weight excluding hydrogens is 276 g/mol. The summed E-state index contributed by atoms with van der Waals surface area (Å²) < 4.78 is 5.40. The maximum absolute atomic E-state index is 11.9. The Morgan fingerprint density at radius 3 is 2.64 bits per heavy atom. The summed E-state index contributed by atoms with van der Waals surface area (Å²) in [6, 6.07) is 5.84. The average molecular weight is 302 g/mol. The lowest BCUT2D eigenvalue weighted by Crippen LogP contribution is -3.15. The first-order valence-corrected chi connectivity index (χ1v) is 8.22. The lowest BCUT2D eigenvalue weighted by Gasteiger charge is -2.17. The highest BCUT2D eigenvalue weighted by Crippen LogP contribution is 2.21. The van der Waals surface area contributed by atoms with Crippen LogP contribution in [-0.2, 0) is 6.54 Å². The van der Waals surface area contributed by atoms with Crippen LogP contribution < -0.4 is 15.4 Å². The van der Waals surface area contributed by atoms with Crippen LogP contribution in [0.1, 0.15) is 23.1 Å². The Kier molecular flexibility index (Phi) is 4.32. The van der Waals surface area contributed by atoms with E-state index in [4.69, 9.17) is 4.42 Å². The second-order valence-corrected chi connectivity index (χ2v) is 6.76. The van der Waals surface area contributed by atoms with Gasteiger partial charge in [-0.25, -0.2) is 4.79 Å². The second kappa shape index (κ2) is 6.23. The third-order valence-electron chi connectivity index (χ3n) is 4.92. The molecule has 0 aliphatic carbocycles. The van der Waals surface area contributed by atoms with E-state index in [0.29, 0.717) is 0 Å². The summed E-state index contributed by atoms with van der Waals surface area (Å²) in [7, 11) is 2.27. The Morgan fingerprint density at radius 1 is 1.05 bits per heavy atom.